The molecule has 0 aromatic rings. The summed E-state index contributed by atoms with van der Waals surface area (Å²) in [6.07, 6.45) is -0.422. The molecule has 21 heavy (non-hydrogen) atoms. The molecule has 0 saturated heterocycles. The van der Waals surface area contributed by atoms with Crippen LogP contribution < -0.4 is 10.6 Å². The molecule has 0 aliphatic heterocycles. The standard InChI is InChI=1S/C9H20N2O7P2S/c1-19(2,15)9(14,20(16,17)18)4-3-5-10-7(12)6-11-8(13)21/h14H,3-6H2,1-2H3,(H,10,12)(H2,11,13,21)(H2,16,17,18). The van der Waals surface area contributed by atoms with E-state index in [4.69, 9.17) is 0 Å². The van der Waals surface area contributed by atoms with Crippen molar-refractivity contribution < 1.29 is 33.6 Å². The largest absolute Gasteiger partial charge is 0.371 e. The zero-order valence-corrected chi connectivity index (χ0v) is 14.3. The van der Waals surface area contributed by atoms with Crippen molar-refractivity contribution in [3.05, 3.63) is 0 Å². The van der Waals surface area contributed by atoms with E-state index in [-0.39, 0.29) is 19.5 Å². The van der Waals surface area contributed by atoms with Crippen molar-refractivity contribution in [3.8, 4) is 0 Å². The Balaban J connectivity index is 4.43. The molecule has 12 heteroatoms. The van der Waals surface area contributed by atoms with Gasteiger partial charge in [0.2, 0.25) is 11.0 Å². The summed E-state index contributed by atoms with van der Waals surface area (Å²) in [5.74, 6) is -0.520. The van der Waals surface area contributed by atoms with Crippen LogP contribution in [0, 0.1) is 0 Å². The normalized spacial score (nSPS) is 15.1. The van der Waals surface area contributed by atoms with E-state index in [1.54, 1.807) is 0 Å². The van der Waals surface area contributed by atoms with E-state index in [0.717, 1.165) is 13.3 Å². The molecule has 1 unspecified atom stereocenters. The second kappa shape index (κ2) is 7.76. The van der Waals surface area contributed by atoms with Crippen molar-refractivity contribution in [2.45, 2.75) is 17.9 Å². The van der Waals surface area contributed by atoms with E-state index in [9.17, 15) is 33.6 Å². The van der Waals surface area contributed by atoms with E-state index >= 15 is 0 Å². The predicted molar refractivity (Wildman–Crippen MR) is 81.1 cm³/mol. The van der Waals surface area contributed by atoms with Crippen LogP contribution in [0.4, 0.5) is 4.79 Å². The number of hydrogen-bond acceptors (Lipinski definition) is 5. The van der Waals surface area contributed by atoms with Crippen LogP contribution in [0.2, 0.25) is 0 Å². The van der Waals surface area contributed by atoms with Crippen molar-refractivity contribution in [1.29, 1.82) is 0 Å². The van der Waals surface area contributed by atoms with Crippen LogP contribution in [0.3, 0.4) is 0 Å². The molecular formula is C9H20N2O7P2S. The van der Waals surface area contributed by atoms with Gasteiger partial charge in [0.15, 0.2) is 0 Å². The molecule has 0 aromatic carbocycles. The first kappa shape index (κ1) is 20.6. The summed E-state index contributed by atoms with van der Waals surface area (Å²) in [6, 6.07) is 0. The van der Waals surface area contributed by atoms with Crippen molar-refractivity contribution in [2.75, 3.05) is 26.4 Å². The Bertz CT molecular complexity index is 464. The highest BCUT2D eigenvalue weighted by Crippen LogP contribution is 2.69. The fourth-order valence-corrected chi connectivity index (χ4v) is 5.24. The first-order valence-electron chi connectivity index (χ1n) is 5.88. The van der Waals surface area contributed by atoms with Gasteiger partial charge in [0, 0.05) is 6.54 Å². The molecule has 2 amide bonds. The molecule has 0 fully saturated rings. The zero-order chi connectivity index (χ0) is 16.9. The fraction of sp³-hybridized carbons (Fsp3) is 0.778. The van der Waals surface area contributed by atoms with Gasteiger partial charge in [0.1, 0.15) is 7.14 Å². The van der Waals surface area contributed by atoms with Crippen molar-refractivity contribution in [3.63, 3.8) is 0 Å². The van der Waals surface area contributed by atoms with Gasteiger partial charge < -0.3 is 30.1 Å². The number of rotatable bonds is 8. The molecule has 5 N–H and O–H groups in total. The summed E-state index contributed by atoms with van der Waals surface area (Å²) in [4.78, 5) is 40.0. The number of carbonyl (C=O) groups is 2. The smallest absolute Gasteiger partial charge is 0.364 e. The van der Waals surface area contributed by atoms with Gasteiger partial charge in [0.25, 0.3) is 5.24 Å². The molecule has 0 bridgehead atoms. The maximum Gasteiger partial charge on any atom is 0.364 e. The third kappa shape index (κ3) is 6.50. The van der Waals surface area contributed by atoms with Crippen LogP contribution in [0.1, 0.15) is 12.8 Å². The molecule has 0 aliphatic carbocycles. The number of nitrogens with one attached hydrogen (secondary N) is 2. The minimum Gasteiger partial charge on any atom is -0.371 e. The van der Waals surface area contributed by atoms with Crippen LogP contribution in [-0.4, -0.2) is 57.5 Å². The average molecular weight is 362 g/mol. The Labute approximate surface area is 127 Å². The second-order valence-corrected chi connectivity index (χ2v) is 10.8. The van der Waals surface area contributed by atoms with Crippen LogP contribution >= 0.6 is 27.4 Å². The highest BCUT2D eigenvalue weighted by Gasteiger charge is 2.53. The van der Waals surface area contributed by atoms with Gasteiger partial charge in [-0.05, 0) is 26.2 Å². The molecule has 0 saturated carbocycles. The lowest BCUT2D eigenvalue weighted by atomic mass is 10.3. The van der Waals surface area contributed by atoms with E-state index in [1.165, 1.54) is 0 Å². The molecule has 0 spiro atoms. The van der Waals surface area contributed by atoms with Crippen LogP contribution in [0.5, 0.6) is 0 Å². The summed E-state index contributed by atoms with van der Waals surface area (Å²) in [5, 5.41) is 11.3. The van der Waals surface area contributed by atoms with Gasteiger partial charge in [-0.2, -0.15) is 0 Å². The molecule has 124 valence electrons. The second-order valence-electron chi connectivity index (χ2n) is 4.78. The highest BCUT2D eigenvalue weighted by molar-refractivity contribution is 7.96. The van der Waals surface area contributed by atoms with Crippen molar-refractivity contribution >= 4 is 38.5 Å². The Morgan fingerprint density at radius 1 is 1.19 bits per heavy atom. The van der Waals surface area contributed by atoms with Gasteiger partial charge in [-0.15, -0.1) is 0 Å². The topological polar surface area (TPSA) is 153 Å². The Morgan fingerprint density at radius 2 is 1.71 bits per heavy atom. The third-order valence-electron chi connectivity index (χ3n) is 2.74. The highest BCUT2D eigenvalue weighted by atomic mass is 32.1. The van der Waals surface area contributed by atoms with Gasteiger partial charge in [-0.3, -0.25) is 14.2 Å². The molecule has 1 atom stereocenters. The van der Waals surface area contributed by atoms with E-state index in [1.807, 2.05) is 0 Å². The summed E-state index contributed by atoms with van der Waals surface area (Å²) in [5.41, 5.74) is 0. The number of hydrogen-bond donors (Lipinski definition) is 6. The average Bonchev–Trinajstić information content (AvgIpc) is 2.28. The maximum absolute atomic E-state index is 11.9. The monoisotopic (exact) mass is 362 g/mol. The fourth-order valence-electron chi connectivity index (χ4n) is 1.50. The lowest BCUT2D eigenvalue weighted by molar-refractivity contribution is -0.120. The Morgan fingerprint density at radius 3 is 2.10 bits per heavy atom. The van der Waals surface area contributed by atoms with Gasteiger partial charge >= 0.3 is 7.60 Å². The lowest BCUT2D eigenvalue weighted by Gasteiger charge is -2.32. The molecule has 0 aliphatic rings. The zero-order valence-electron chi connectivity index (χ0n) is 11.6. The molecule has 0 radical (unpaired) electrons. The Hall–Kier alpha value is -0.370. The predicted octanol–water partition coefficient (Wildman–Crippen LogP) is -0.0313. The molecule has 0 heterocycles. The van der Waals surface area contributed by atoms with Gasteiger partial charge in [0.05, 0.1) is 6.54 Å². The number of aliphatic hydroxyl groups is 1. The number of amides is 2. The van der Waals surface area contributed by atoms with E-state index in [0.29, 0.717) is 0 Å². The molecule has 0 rings (SSSR count). The van der Waals surface area contributed by atoms with Crippen LogP contribution in [-0.2, 0) is 13.9 Å². The van der Waals surface area contributed by atoms with Gasteiger partial charge in [-0.25, -0.2) is 0 Å². The van der Waals surface area contributed by atoms with E-state index < -0.39 is 37.4 Å². The van der Waals surface area contributed by atoms with Crippen LogP contribution in [0.15, 0.2) is 0 Å². The van der Waals surface area contributed by atoms with Crippen molar-refractivity contribution in [1.82, 2.24) is 10.6 Å². The summed E-state index contributed by atoms with van der Waals surface area (Å²) >= 11 is 3.40. The number of carbonyl (C=O) groups excluding carboxylic acids is 2. The third-order valence-corrected chi connectivity index (χ3v) is 8.23. The van der Waals surface area contributed by atoms with Gasteiger partial charge in [-0.1, -0.05) is 12.6 Å². The van der Waals surface area contributed by atoms with Crippen molar-refractivity contribution in [2.24, 2.45) is 0 Å². The quantitative estimate of drug-likeness (QED) is 0.201. The SMILES string of the molecule is CP(C)(=O)C(O)(CCCNC(=O)CNC(=O)S)P(=O)(O)O. The van der Waals surface area contributed by atoms with E-state index in [2.05, 4.69) is 23.3 Å². The Kier molecular flexibility index (Phi) is 7.62. The maximum atomic E-state index is 11.9. The first-order valence-corrected chi connectivity index (χ1v) is 10.5. The summed E-state index contributed by atoms with van der Waals surface area (Å²) in [6.45, 7) is 1.90. The minimum atomic E-state index is -4.99. The molecule has 0 aromatic heterocycles. The molecular weight excluding hydrogens is 342 g/mol. The number of thiol groups is 1. The van der Waals surface area contributed by atoms with Crippen LogP contribution in [0.25, 0.3) is 0 Å². The first-order chi connectivity index (χ1) is 9.31. The summed E-state index contributed by atoms with van der Waals surface area (Å²) < 4.78 is 23.2. The summed E-state index contributed by atoms with van der Waals surface area (Å²) in [7, 11) is -8.47. The molecule has 9 nitrogen and oxygen atoms in total. The lowest BCUT2D eigenvalue weighted by Crippen LogP contribution is -2.36. The minimum absolute atomic E-state index is 0.00356.